The van der Waals surface area contributed by atoms with E-state index >= 15 is 0 Å². The third kappa shape index (κ3) is 5.54. The maximum atomic E-state index is 5.14. The van der Waals surface area contributed by atoms with Crippen molar-refractivity contribution < 1.29 is 0 Å². The zero-order valence-electron chi connectivity index (χ0n) is 31.8. The molecule has 3 heterocycles. The molecule has 9 aromatic carbocycles. The van der Waals surface area contributed by atoms with Crippen molar-refractivity contribution in [1.29, 1.82) is 0 Å². The molecule has 0 atom stereocenters. The highest BCUT2D eigenvalue weighted by molar-refractivity contribution is 7.99. The van der Waals surface area contributed by atoms with E-state index in [9.17, 15) is 0 Å². The largest absolute Gasteiger partial charge is 0.309 e. The van der Waals surface area contributed by atoms with E-state index in [1.165, 1.54) is 59.4 Å². The Morgan fingerprint density at radius 2 is 1.05 bits per heavy atom. The number of hydrogen-bond acceptors (Lipinski definition) is 4. The topological polar surface area (TPSA) is 34.0 Å². The lowest BCUT2D eigenvalue weighted by Crippen LogP contribution is -2.14. The van der Waals surface area contributed by atoms with Gasteiger partial charge in [0.05, 0.1) is 33.6 Å². The van der Waals surface area contributed by atoms with Crippen LogP contribution < -0.4 is 4.90 Å². The highest BCUT2D eigenvalue weighted by atomic mass is 32.2. The minimum atomic E-state index is 0.713. The van der Waals surface area contributed by atoms with Gasteiger partial charge in [-0.25, -0.2) is 9.97 Å². The molecule has 0 unspecified atom stereocenters. The molecule has 1 aliphatic rings. The predicted molar refractivity (Wildman–Crippen MR) is 246 cm³/mol. The van der Waals surface area contributed by atoms with E-state index in [0.29, 0.717) is 5.82 Å². The molecular formula is C54H34N4S. The van der Waals surface area contributed by atoms with Gasteiger partial charge in [-0.15, -0.1) is 0 Å². The summed E-state index contributed by atoms with van der Waals surface area (Å²) in [6.07, 6.45) is 0. The first-order valence-electron chi connectivity index (χ1n) is 19.9. The third-order valence-corrected chi connectivity index (χ3v) is 12.7. The van der Waals surface area contributed by atoms with Gasteiger partial charge in [-0.2, -0.15) is 0 Å². The van der Waals surface area contributed by atoms with Crippen LogP contribution in [0.15, 0.2) is 216 Å². The van der Waals surface area contributed by atoms with E-state index in [1.807, 2.05) is 23.9 Å². The molecule has 0 N–H and O–H groups in total. The molecule has 0 spiro atoms. The minimum absolute atomic E-state index is 0.713. The number of hydrogen-bond donors (Lipinski definition) is 0. The first-order valence-corrected chi connectivity index (χ1v) is 20.7. The van der Waals surface area contributed by atoms with Gasteiger partial charge in [-0.1, -0.05) is 133 Å². The minimum Gasteiger partial charge on any atom is -0.309 e. The fourth-order valence-electron chi connectivity index (χ4n) is 8.82. The highest BCUT2D eigenvalue weighted by Gasteiger charge is 2.25. The lowest BCUT2D eigenvalue weighted by molar-refractivity contribution is 1.17. The number of fused-ring (bicyclic) bond motifs is 8. The van der Waals surface area contributed by atoms with Crippen LogP contribution in [-0.4, -0.2) is 14.5 Å². The van der Waals surface area contributed by atoms with Crippen LogP contribution in [0.2, 0.25) is 0 Å². The molecule has 0 amide bonds. The van der Waals surface area contributed by atoms with Gasteiger partial charge in [-0.05, 0) is 107 Å². The average molecular weight is 771 g/mol. The summed E-state index contributed by atoms with van der Waals surface area (Å²) in [5.74, 6) is 0.713. The van der Waals surface area contributed by atoms with Crippen molar-refractivity contribution in [2.45, 2.75) is 9.79 Å². The van der Waals surface area contributed by atoms with Crippen molar-refractivity contribution in [2.24, 2.45) is 0 Å². The summed E-state index contributed by atoms with van der Waals surface area (Å²) < 4.78 is 2.40. The number of aromatic nitrogens is 3. The van der Waals surface area contributed by atoms with Gasteiger partial charge in [-0.3, -0.25) is 0 Å². The van der Waals surface area contributed by atoms with Gasteiger partial charge in [0.25, 0.3) is 0 Å². The van der Waals surface area contributed by atoms with Crippen molar-refractivity contribution in [2.75, 3.05) is 4.90 Å². The normalized spacial score (nSPS) is 12.3. The summed E-state index contributed by atoms with van der Waals surface area (Å²) in [5.41, 5.74) is 13.3. The molecule has 1 aliphatic heterocycles. The molecule has 0 radical (unpaired) electrons. The second kappa shape index (κ2) is 13.6. The molecule has 0 saturated heterocycles. The Morgan fingerprint density at radius 1 is 0.390 bits per heavy atom. The summed E-state index contributed by atoms with van der Waals surface area (Å²) in [6.45, 7) is 0. The molecule has 59 heavy (non-hydrogen) atoms. The van der Waals surface area contributed by atoms with Crippen molar-refractivity contribution in [3.63, 3.8) is 0 Å². The monoisotopic (exact) mass is 770 g/mol. The molecular weight excluding hydrogens is 737 g/mol. The molecule has 0 saturated carbocycles. The summed E-state index contributed by atoms with van der Waals surface area (Å²) in [6, 6.07) is 73.9. The predicted octanol–water partition coefficient (Wildman–Crippen LogP) is 14.8. The summed E-state index contributed by atoms with van der Waals surface area (Å²) in [5, 5.41) is 5.99. The lowest BCUT2D eigenvalue weighted by atomic mass is 9.99. The SMILES string of the molecule is c1ccc(-c2nc(-c3ccc(-n4c5ccc(-c6ccc7c(c6)N(c6ccccc6)c6ccccc6S7)cc5c5c6ccccc6ccc54)cc3)nc3ccccc23)cc1. The first kappa shape index (κ1) is 33.6. The Hall–Kier alpha value is -7.47. The van der Waals surface area contributed by atoms with E-state index in [1.54, 1.807) is 0 Å². The number of anilines is 3. The molecule has 0 bridgehead atoms. The Kier molecular flexibility index (Phi) is 7.75. The number of nitrogens with zero attached hydrogens (tertiary/aromatic N) is 4. The molecule has 0 aliphatic carbocycles. The van der Waals surface area contributed by atoms with E-state index in [4.69, 9.17) is 9.97 Å². The maximum absolute atomic E-state index is 5.14. The van der Waals surface area contributed by atoms with E-state index in [0.717, 1.165) is 44.6 Å². The molecule has 12 rings (SSSR count). The van der Waals surface area contributed by atoms with Gasteiger partial charge in [0.2, 0.25) is 0 Å². The lowest BCUT2D eigenvalue weighted by Gasteiger charge is -2.33. The van der Waals surface area contributed by atoms with Crippen LogP contribution in [-0.2, 0) is 0 Å². The molecule has 5 heteroatoms. The Bertz CT molecular complexity index is 3410. The smallest absolute Gasteiger partial charge is 0.160 e. The fraction of sp³-hybridized carbons (Fsp3) is 0. The zero-order chi connectivity index (χ0) is 38.9. The van der Waals surface area contributed by atoms with Crippen molar-refractivity contribution in [1.82, 2.24) is 14.5 Å². The zero-order valence-corrected chi connectivity index (χ0v) is 32.6. The van der Waals surface area contributed by atoms with Gasteiger partial charge in [0.15, 0.2) is 5.82 Å². The van der Waals surface area contributed by atoms with Gasteiger partial charge in [0, 0.05) is 48.5 Å². The number of para-hydroxylation sites is 3. The second-order valence-electron chi connectivity index (χ2n) is 15.0. The highest BCUT2D eigenvalue weighted by Crippen LogP contribution is 2.52. The Morgan fingerprint density at radius 3 is 1.92 bits per heavy atom. The molecule has 0 fully saturated rings. The standard InChI is InChI=1S/C54H34N4S/c1-3-14-36(15-4-1)53-43-19-9-10-20-45(43)55-54(56-53)37-23-28-41(29-24-37)57-46-30-26-38(33-44(46)52-42-18-8-7-13-35(42)25-31-48(52)57)39-27-32-51-49(34-39)58(40-16-5-2-6-17-40)47-21-11-12-22-50(47)59-51/h1-34H. The Labute approximate surface area is 345 Å². The van der Waals surface area contributed by atoms with Crippen LogP contribution in [0.3, 0.4) is 0 Å². The average Bonchev–Trinajstić information content (AvgIpc) is 3.65. The number of benzene rings is 9. The number of rotatable bonds is 5. The van der Waals surface area contributed by atoms with Crippen LogP contribution in [0.4, 0.5) is 17.1 Å². The second-order valence-corrected chi connectivity index (χ2v) is 16.1. The molecule has 4 nitrogen and oxygen atoms in total. The maximum Gasteiger partial charge on any atom is 0.160 e. The van der Waals surface area contributed by atoms with Gasteiger partial charge >= 0.3 is 0 Å². The molecule has 11 aromatic rings. The van der Waals surface area contributed by atoms with Crippen LogP contribution in [0.25, 0.3) is 82.9 Å². The summed E-state index contributed by atoms with van der Waals surface area (Å²) in [4.78, 5) is 15.1. The molecule has 2 aromatic heterocycles. The van der Waals surface area contributed by atoms with Crippen LogP contribution in [0, 0.1) is 0 Å². The fourth-order valence-corrected chi connectivity index (χ4v) is 9.86. The van der Waals surface area contributed by atoms with E-state index in [-0.39, 0.29) is 0 Å². The summed E-state index contributed by atoms with van der Waals surface area (Å²) in [7, 11) is 0. The van der Waals surface area contributed by atoms with Crippen molar-refractivity contribution >= 4 is 72.3 Å². The van der Waals surface area contributed by atoms with Crippen LogP contribution in [0.1, 0.15) is 0 Å². The summed E-state index contributed by atoms with van der Waals surface area (Å²) >= 11 is 1.84. The quantitative estimate of drug-likeness (QED) is 0.175. The van der Waals surface area contributed by atoms with E-state index < -0.39 is 0 Å². The Balaban J connectivity index is 1.00. The third-order valence-electron chi connectivity index (χ3n) is 11.6. The molecule has 276 valence electrons. The van der Waals surface area contributed by atoms with Crippen LogP contribution >= 0.6 is 11.8 Å². The van der Waals surface area contributed by atoms with E-state index in [2.05, 4.69) is 204 Å². The first-order chi connectivity index (χ1) is 29.2. The van der Waals surface area contributed by atoms with Gasteiger partial charge in [0.1, 0.15) is 0 Å². The van der Waals surface area contributed by atoms with Gasteiger partial charge < -0.3 is 9.47 Å². The van der Waals surface area contributed by atoms with Crippen molar-refractivity contribution in [3.8, 4) is 39.5 Å². The van der Waals surface area contributed by atoms with Crippen LogP contribution in [0.5, 0.6) is 0 Å². The van der Waals surface area contributed by atoms with Crippen molar-refractivity contribution in [3.05, 3.63) is 206 Å².